The molecule has 1 amide bonds. The first-order valence-electron chi connectivity index (χ1n) is 6.70. The normalized spacial score (nSPS) is 13.3. The van der Waals surface area contributed by atoms with Crippen molar-refractivity contribution in [2.75, 3.05) is 6.54 Å². The highest BCUT2D eigenvalue weighted by atomic mass is 19.1. The topological polar surface area (TPSA) is 69.6 Å². The van der Waals surface area contributed by atoms with Crippen LogP contribution in [0.2, 0.25) is 0 Å². The lowest BCUT2D eigenvalue weighted by molar-refractivity contribution is 0.0138. The van der Waals surface area contributed by atoms with Gasteiger partial charge in [0.05, 0.1) is 6.10 Å². The molecule has 0 aliphatic rings. The molecule has 118 valence electrons. The average molecular weight is 301 g/mol. The summed E-state index contributed by atoms with van der Waals surface area (Å²) in [5, 5.41) is 22.0. The molecule has 3 N–H and O–H groups in total. The van der Waals surface area contributed by atoms with Crippen LogP contribution in [0, 0.1) is 23.0 Å². The number of halogens is 2. The Balaban J connectivity index is 2.84. The molecule has 0 spiro atoms. The fourth-order valence-corrected chi connectivity index (χ4v) is 2.19. The Bertz CT molecular complexity index is 507. The van der Waals surface area contributed by atoms with Crippen molar-refractivity contribution in [1.29, 1.82) is 0 Å². The molecule has 4 nitrogen and oxygen atoms in total. The van der Waals surface area contributed by atoms with Crippen LogP contribution in [0.3, 0.4) is 0 Å². The van der Waals surface area contributed by atoms with E-state index in [4.69, 9.17) is 0 Å². The molecule has 0 radical (unpaired) electrons. The van der Waals surface area contributed by atoms with E-state index in [1.165, 1.54) is 0 Å². The van der Waals surface area contributed by atoms with Gasteiger partial charge >= 0.3 is 0 Å². The number of amides is 1. The lowest BCUT2D eigenvalue weighted by Crippen LogP contribution is -2.43. The summed E-state index contributed by atoms with van der Waals surface area (Å²) in [5.41, 5.74) is -1.23. The highest BCUT2D eigenvalue weighted by molar-refractivity contribution is 5.97. The van der Waals surface area contributed by atoms with Gasteiger partial charge in [-0.3, -0.25) is 4.79 Å². The number of rotatable bonds is 5. The number of phenolic OH excluding ortho intramolecular Hbond substituents is 1. The molecule has 21 heavy (non-hydrogen) atoms. The second kappa shape index (κ2) is 6.39. The van der Waals surface area contributed by atoms with Gasteiger partial charge in [-0.15, -0.1) is 0 Å². The molecule has 1 aromatic carbocycles. The monoisotopic (exact) mass is 301 g/mol. The highest BCUT2D eigenvalue weighted by Crippen LogP contribution is 2.26. The van der Waals surface area contributed by atoms with Gasteiger partial charge in [0.15, 0.2) is 0 Å². The number of aromatic hydroxyl groups is 1. The SMILES string of the molecule is CC(C)C(O)C(C)(C)CNC(=O)c1c(O)cc(F)cc1F. The number of aliphatic hydroxyl groups is 1. The zero-order chi connectivity index (χ0) is 16.4. The van der Waals surface area contributed by atoms with Gasteiger partial charge in [0.1, 0.15) is 22.9 Å². The third-order valence-corrected chi connectivity index (χ3v) is 3.40. The molecular weight excluding hydrogens is 280 g/mol. The quantitative estimate of drug-likeness (QED) is 0.782. The summed E-state index contributed by atoms with van der Waals surface area (Å²) < 4.78 is 26.4. The zero-order valence-electron chi connectivity index (χ0n) is 12.6. The predicted octanol–water partition coefficient (Wildman–Crippen LogP) is 2.44. The Morgan fingerprint density at radius 1 is 1.33 bits per heavy atom. The Kier molecular flexibility index (Phi) is 5.28. The summed E-state index contributed by atoms with van der Waals surface area (Å²) in [5.74, 6) is -3.71. The molecule has 0 bridgehead atoms. The highest BCUT2D eigenvalue weighted by Gasteiger charge is 2.31. The molecule has 6 heteroatoms. The number of carbonyl (C=O) groups is 1. The van der Waals surface area contributed by atoms with Crippen molar-refractivity contribution in [2.24, 2.45) is 11.3 Å². The minimum Gasteiger partial charge on any atom is -0.507 e. The van der Waals surface area contributed by atoms with E-state index in [0.717, 1.165) is 0 Å². The smallest absolute Gasteiger partial charge is 0.258 e. The van der Waals surface area contributed by atoms with E-state index >= 15 is 0 Å². The molecule has 0 fully saturated rings. The van der Waals surface area contributed by atoms with Crippen LogP contribution in [-0.4, -0.2) is 28.8 Å². The van der Waals surface area contributed by atoms with Crippen molar-refractivity contribution in [1.82, 2.24) is 5.32 Å². The van der Waals surface area contributed by atoms with Crippen molar-refractivity contribution >= 4 is 5.91 Å². The molecule has 1 unspecified atom stereocenters. The molecular formula is C15H21F2NO3. The molecule has 1 rings (SSSR count). The largest absolute Gasteiger partial charge is 0.507 e. The van der Waals surface area contributed by atoms with Crippen molar-refractivity contribution < 1.29 is 23.8 Å². The van der Waals surface area contributed by atoms with Crippen LogP contribution >= 0.6 is 0 Å². The Morgan fingerprint density at radius 3 is 2.38 bits per heavy atom. The molecule has 0 aliphatic carbocycles. The first-order chi connectivity index (χ1) is 9.56. The summed E-state index contributed by atoms with van der Waals surface area (Å²) in [6, 6.07) is 1.20. The molecule has 1 aromatic rings. The van der Waals surface area contributed by atoms with Crippen molar-refractivity contribution in [3.63, 3.8) is 0 Å². The fourth-order valence-electron chi connectivity index (χ4n) is 2.19. The van der Waals surface area contributed by atoms with Gasteiger partial charge in [0.25, 0.3) is 5.91 Å². The molecule has 0 saturated carbocycles. The first-order valence-corrected chi connectivity index (χ1v) is 6.70. The number of benzene rings is 1. The second-order valence-electron chi connectivity index (χ2n) is 6.14. The van der Waals surface area contributed by atoms with Crippen LogP contribution in [0.5, 0.6) is 5.75 Å². The lowest BCUT2D eigenvalue weighted by atomic mass is 9.80. The average Bonchev–Trinajstić information content (AvgIpc) is 2.34. The van der Waals surface area contributed by atoms with E-state index in [1.807, 2.05) is 13.8 Å². The Hall–Kier alpha value is -1.69. The molecule has 0 heterocycles. The number of aliphatic hydroxyl groups excluding tert-OH is 1. The van der Waals surface area contributed by atoms with E-state index < -0.39 is 40.4 Å². The molecule has 0 aromatic heterocycles. The number of hydrogen-bond donors (Lipinski definition) is 3. The number of hydrogen-bond acceptors (Lipinski definition) is 3. The van der Waals surface area contributed by atoms with Gasteiger partial charge in [-0.2, -0.15) is 0 Å². The summed E-state index contributed by atoms with van der Waals surface area (Å²) >= 11 is 0. The van der Waals surface area contributed by atoms with Crippen LogP contribution < -0.4 is 5.32 Å². The Morgan fingerprint density at radius 2 is 1.90 bits per heavy atom. The maximum absolute atomic E-state index is 13.6. The van der Waals surface area contributed by atoms with E-state index in [-0.39, 0.29) is 12.5 Å². The molecule has 0 saturated heterocycles. The second-order valence-corrected chi connectivity index (χ2v) is 6.14. The van der Waals surface area contributed by atoms with E-state index in [2.05, 4.69) is 5.32 Å². The summed E-state index contributed by atoms with van der Waals surface area (Å²) in [6.45, 7) is 7.30. The van der Waals surface area contributed by atoms with E-state index in [1.54, 1.807) is 13.8 Å². The van der Waals surface area contributed by atoms with Crippen molar-refractivity contribution in [2.45, 2.75) is 33.8 Å². The number of phenols is 1. The van der Waals surface area contributed by atoms with Gasteiger partial charge < -0.3 is 15.5 Å². The van der Waals surface area contributed by atoms with E-state index in [9.17, 15) is 23.8 Å². The summed E-state index contributed by atoms with van der Waals surface area (Å²) in [7, 11) is 0. The lowest BCUT2D eigenvalue weighted by Gasteiger charge is -2.33. The number of nitrogens with one attached hydrogen (secondary N) is 1. The van der Waals surface area contributed by atoms with Gasteiger partial charge in [-0.1, -0.05) is 27.7 Å². The standard InChI is InChI=1S/C15H21F2NO3/c1-8(2)13(20)15(3,4)7-18-14(21)12-10(17)5-9(16)6-11(12)19/h5-6,8,13,19-20H,7H2,1-4H3,(H,18,21). The van der Waals surface area contributed by atoms with Gasteiger partial charge in [-0.25, -0.2) is 8.78 Å². The van der Waals surface area contributed by atoms with Gasteiger partial charge in [0.2, 0.25) is 0 Å². The van der Waals surface area contributed by atoms with Crippen LogP contribution in [-0.2, 0) is 0 Å². The van der Waals surface area contributed by atoms with Crippen LogP contribution in [0.1, 0.15) is 38.1 Å². The van der Waals surface area contributed by atoms with E-state index in [0.29, 0.717) is 12.1 Å². The van der Waals surface area contributed by atoms with Crippen molar-refractivity contribution in [3.8, 4) is 5.75 Å². The molecule has 1 atom stereocenters. The third kappa shape index (κ3) is 4.14. The summed E-state index contributed by atoms with van der Waals surface area (Å²) in [4.78, 5) is 11.9. The minimum atomic E-state index is -1.13. The van der Waals surface area contributed by atoms with Crippen LogP contribution in [0.25, 0.3) is 0 Å². The maximum Gasteiger partial charge on any atom is 0.258 e. The third-order valence-electron chi connectivity index (χ3n) is 3.40. The van der Waals surface area contributed by atoms with Crippen molar-refractivity contribution in [3.05, 3.63) is 29.3 Å². The minimum absolute atomic E-state index is 0.00661. The van der Waals surface area contributed by atoms with Crippen LogP contribution in [0.4, 0.5) is 8.78 Å². The Labute approximate surface area is 122 Å². The number of carbonyl (C=O) groups excluding carboxylic acids is 1. The zero-order valence-corrected chi connectivity index (χ0v) is 12.6. The fraction of sp³-hybridized carbons (Fsp3) is 0.533. The van der Waals surface area contributed by atoms with Gasteiger partial charge in [0, 0.05) is 24.1 Å². The summed E-state index contributed by atoms with van der Waals surface area (Å²) in [6.07, 6.45) is -0.663. The first kappa shape index (κ1) is 17.4. The van der Waals surface area contributed by atoms with Crippen LogP contribution in [0.15, 0.2) is 12.1 Å². The molecule has 0 aliphatic heterocycles. The maximum atomic E-state index is 13.6. The predicted molar refractivity (Wildman–Crippen MR) is 75.0 cm³/mol. The van der Waals surface area contributed by atoms with Gasteiger partial charge in [-0.05, 0) is 5.92 Å².